The summed E-state index contributed by atoms with van der Waals surface area (Å²) in [5.41, 5.74) is 4.13. The van der Waals surface area contributed by atoms with Gasteiger partial charge in [-0.25, -0.2) is 9.78 Å². The molecule has 0 spiro atoms. The molecule has 6 nitrogen and oxygen atoms in total. The fraction of sp³-hybridized carbons (Fsp3) is 0.250. The predicted octanol–water partition coefficient (Wildman–Crippen LogP) is 3.63. The van der Waals surface area contributed by atoms with Gasteiger partial charge in [-0.05, 0) is 56.2 Å². The zero-order chi connectivity index (χ0) is 18.7. The number of hydrogen-bond acceptors (Lipinski definition) is 4. The summed E-state index contributed by atoms with van der Waals surface area (Å²) in [6.07, 6.45) is 2.50. The van der Waals surface area contributed by atoms with Crippen molar-refractivity contribution in [2.45, 2.75) is 27.2 Å². The molecule has 134 valence electrons. The number of fused-ring (bicyclic) bond motifs is 1. The first-order valence-electron chi connectivity index (χ1n) is 8.60. The lowest BCUT2D eigenvalue weighted by Crippen LogP contribution is -2.16. The summed E-state index contributed by atoms with van der Waals surface area (Å²) in [6.45, 7) is 6.03. The third kappa shape index (κ3) is 3.31. The number of anilines is 1. The van der Waals surface area contributed by atoms with E-state index < -0.39 is 0 Å². The van der Waals surface area contributed by atoms with Crippen LogP contribution in [0, 0.1) is 6.92 Å². The molecule has 0 aliphatic heterocycles. The Morgan fingerprint density at radius 1 is 1.15 bits per heavy atom. The lowest BCUT2D eigenvalue weighted by atomic mass is 10.2. The molecule has 2 heterocycles. The highest BCUT2D eigenvalue weighted by Gasteiger charge is 2.19. The van der Waals surface area contributed by atoms with Gasteiger partial charge in [0.05, 0.1) is 17.9 Å². The maximum absolute atomic E-state index is 12.8. The van der Waals surface area contributed by atoms with Crippen LogP contribution in [0.1, 0.15) is 46.0 Å². The normalized spacial score (nSPS) is 10.7. The molecule has 0 bridgehead atoms. The number of amides is 1. The van der Waals surface area contributed by atoms with Gasteiger partial charge in [0, 0.05) is 11.9 Å². The van der Waals surface area contributed by atoms with Gasteiger partial charge in [0.1, 0.15) is 11.3 Å². The molecule has 6 heteroatoms. The number of aryl methyl sites for hydroxylation is 2. The van der Waals surface area contributed by atoms with Gasteiger partial charge < -0.3 is 10.1 Å². The number of imidazole rings is 1. The molecule has 2 aromatic heterocycles. The average molecular weight is 351 g/mol. The number of nitrogens with zero attached hydrogens (tertiary/aromatic N) is 2. The molecule has 1 aromatic carbocycles. The summed E-state index contributed by atoms with van der Waals surface area (Å²) in [7, 11) is 0. The molecule has 1 amide bonds. The van der Waals surface area contributed by atoms with E-state index in [9.17, 15) is 9.59 Å². The van der Waals surface area contributed by atoms with Crippen LogP contribution in [-0.2, 0) is 11.2 Å². The zero-order valence-corrected chi connectivity index (χ0v) is 15.1. The van der Waals surface area contributed by atoms with E-state index in [0.29, 0.717) is 30.0 Å². The SMILES string of the molecule is CCOC(=O)c1ccc(NC(=O)c2c(CC)nc3c(C)cccn23)cc1. The predicted molar refractivity (Wildman–Crippen MR) is 99.7 cm³/mol. The molecule has 0 atom stereocenters. The van der Waals surface area contributed by atoms with Crippen LogP contribution in [-0.4, -0.2) is 27.9 Å². The number of rotatable bonds is 5. The molecule has 0 fully saturated rings. The molecule has 0 radical (unpaired) electrons. The summed E-state index contributed by atoms with van der Waals surface area (Å²) in [5, 5.41) is 2.88. The molecule has 3 rings (SSSR count). The monoisotopic (exact) mass is 351 g/mol. The summed E-state index contributed by atoms with van der Waals surface area (Å²) in [4.78, 5) is 29.1. The zero-order valence-electron chi connectivity index (χ0n) is 15.1. The Kier molecular flexibility index (Phi) is 5.02. The van der Waals surface area contributed by atoms with Gasteiger partial charge in [0.25, 0.3) is 5.91 Å². The number of esters is 1. The Labute approximate surface area is 151 Å². The minimum absolute atomic E-state index is 0.233. The van der Waals surface area contributed by atoms with E-state index in [1.807, 2.05) is 36.6 Å². The fourth-order valence-corrected chi connectivity index (χ4v) is 2.83. The number of aromatic nitrogens is 2. The van der Waals surface area contributed by atoms with Gasteiger partial charge >= 0.3 is 5.97 Å². The van der Waals surface area contributed by atoms with Gasteiger partial charge in [-0.2, -0.15) is 0 Å². The molecule has 3 aromatic rings. The number of carbonyl (C=O) groups is 2. The maximum atomic E-state index is 12.8. The molecule has 26 heavy (non-hydrogen) atoms. The van der Waals surface area contributed by atoms with Crippen LogP contribution in [0.3, 0.4) is 0 Å². The van der Waals surface area contributed by atoms with Crippen LogP contribution in [0.5, 0.6) is 0 Å². The van der Waals surface area contributed by atoms with E-state index in [-0.39, 0.29) is 11.9 Å². The summed E-state index contributed by atoms with van der Waals surface area (Å²) < 4.78 is 6.78. The number of benzene rings is 1. The first-order valence-corrected chi connectivity index (χ1v) is 8.60. The van der Waals surface area contributed by atoms with Gasteiger partial charge in [-0.1, -0.05) is 13.0 Å². The highest BCUT2D eigenvalue weighted by molar-refractivity contribution is 6.04. The van der Waals surface area contributed by atoms with Crippen molar-refractivity contribution in [3.05, 3.63) is 65.1 Å². The number of carbonyl (C=O) groups excluding carboxylic acids is 2. The molecule has 0 aliphatic carbocycles. The third-order valence-corrected chi connectivity index (χ3v) is 4.12. The van der Waals surface area contributed by atoms with Crippen molar-refractivity contribution in [3.8, 4) is 0 Å². The van der Waals surface area contributed by atoms with E-state index in [1.165, 1.54) is 0 Å². The Balaban J connectivity index is 1.88. The van der Waals surface area contributed by atoms with Crippen molar-refractivity contribution >= 4 is 23.2 Å². The quantitative estimate of drug-likeness (QED) is 0.713. The lowest BCUT2D eigenvalue weighted by Gasteiger charge is -2.08. The second-order valence-electron chi connectivity index (χ2n) is 5.90. The van der Waals surface area contributed by atoms with Crippen molar-refractivity contribution < 1.29 is 14.3 Å². The number of pyridine rings is 1. The van der Waals surface area contributed by atoms with E-state index in [1.54, 1.807) is 31.2 Å². The number of ether oxygens (including phenoxy) is 1. The van der Waals surface area contributed by atoms with E-state index >= 15 is 0 Å². The van der Waals surface area contributed by atoms with Crippen molar-refractivity contribution in [1.82, 2.24) is 9.38 Å². The molecule has 0 unspecified atom stereocenters. The lowest BCUT2D eigenvalue weighted by molar-refractivity contribution is 0.0526. The highest BCUT2D eigenvalue weighted by Crippen LogP contribution is 2.19. The molecule has 1 N–H and O–H groups in total. The second kappa shape index (κ2) is 7.39. The van der Waals surface area contributed by atoms with Crippen molar-refractivity contribution in [2.75, 3.05) is 11.9 Å². The van der Waals surface area contributed by atoms with Crippen LogP contribution in [0.15, 0.2) is 42.6 Å². The first-order chi connectivity index (χ1) is 12.5. The molecular formula is C20H21N3O3. The second-order valence-corrected chi connectivity index (χ2v) is 5.90. The smallest absolute Gasteiger partial charge is 0.338 e. The van der Waals surface area contributed by atoms with Gasteiger partial charge in [0.2, 0.25) is 0 Å². The van der Waals surface area contributed by atoms with Gasteiger partial charge in [0.15, 0.2) is 0 Å². The Bertz CT molecular complexity index is 958. The molecular weight excluding hydrogens is 330 g/mol. The fourth-order valence-electron chi connectivity index (χ4n) is 2.83. The molecule has 0 saturated heterocycles. The average Bonchev–Trinajstić information content (AvgIpc) is 3.02. The van der Waals surface area contributed by atoms with E-state index in [4.69, 9.17) is 4.74 Å². The minimum atomic E-state index is -0.379. The summed E-state index contributed by atoms with van der Waals surface area (Å²) in [6, 6.07) is 10.5. The topological polar surface area (TPSA) is 72.7 Å². The van der Waals surface area contributed by atoms with Gasteiger partial charge in [-0.15, -0.1) is 0 Å². The summed E-state index contributed by atoms with van der Waals surface area (Å²) >= 11 is 0. The number of hydrogen-bond donors (Lipinski definition) is 1. The maximum Gasteiger partial charge on any atom is 0.338 e. The van der Waals surface area contributed by atoms with Crippen LogP contribution in [0.25, 0.3) is 5.65 Å². The Morgan fingerprint density at radius 3 is 2.54 bits per heavy atom. The highest BCUT2D eigenvalue weighted by atomic mass is 16.5. The third-order valence-electron chi connectivity index (χ3n) is 4.12. The van der Waals surface area contributed by atoms with Crippen molar-refractivity contribution in [1.29, 1.82) is 0 Å². The summed E-state index contributed by atoms with van der Waals surface area (Å²) in [5.74, 6) is -0.611. The van der Waals surface area contributed by atoms with Crippen LogP contribution >= 0.6 is 0 Å². The van der Waals surface area contributed by atoms with E-state index in [0.717, 1.165) is 16.9 Å². The number of nitrogens with one attached hydrogen (secondary N) is 1. The van der Waals surface area contributed by atoms with Crippen molar-refractivity contribution in [2.24, 2.45) is 0 Å². The Hall–Kier alpha value is -3.15. The van der Waals surface area contributed by atoms with Crippen molar-refractivity contribution in [3.63, 3.8) is 0 Å². The Morgan fingerprint density at radius 2 is 1.88 bits per heavy atom. The molecule has 0 saturated carbocycles. The molecule has 0 aliphatic rings. The van der Waals surface area contributed by atoms with Crippen LogP contribution < -0.4 is 5.32 Å². The largest absolute Gasteiger partial charge is 0.462 e. The van der Waals surface area contributed by atoms with Crippen LogP contribution in [0.4, 0.5) is 5.69 Å². The van der Waals surface area contributed by atoms with Crippen LogP contribution in [0.2, 0.25) is 0 Å². The van der Waals surface area contributed by atoms with E-state index in [2.05, 4.69) is 10.3 Å². The minimum Gasteiger partial charge on any atom is -0.462 e. The standard InChI is InChI=1S/C20H21N3O3/c1-4-16-17(23-12-6-7-13(3)18(23)22-16)19(24)21-15-10-8-14(9-11-15)20(25)26-5-2/h6-12H,4-5H2,1-3H3,(H,21,24). The first kappa shape index (κ1) is 17.7. The van der Waals surface area contributed by atoms with Gasteiger partial charge in [-0.3, -0.25) is 9.20 Å².